The van der Waals surface area contributed by atoms with Crippen molar-refractivity contribution < 1.29 is 9.59 Å². The number of amides is 2. The maximum Gasteiger partial charge on any atom is 0.250 e. The van der Waals surface area contributed by atoms with E-state index in [4.69, 9.17) is 12.2 Å². The SMILES string of the molecule is CC[C@H]1C(=O)NCCN1C(=S)NC(=O)/C=C/c1ccccc1. The van der Waals surface area contributed by atoms with Crippen LogP contribution < -0.4 is 10.6 Å². The number of benzene rings is 1. The topological polar surface area (TPSA) is 61.4 Å². The lowest BCUT2D eigenvalue weighted by molar-refractivity contribution is -0.127. The van der Waals surface area contributed by atoms with Gasteiger partial charge in [-0.05, 0) is 30.3 Å². The first-order valence-corrected chi connectivity index (χ1v) is 7.65. The van der Waals surface area contributed by atoms with Gasteiger partial charge in [0.2, 0.25) is 11.8 Å². The van der Waals surface area contributed by atoms with Gasteiger partial charge in [0, 0.05) is 19.2 Å². The minimum atomic E-state index is -0.320. The molecule has 2 rings (SSSR count). The van der Waals surface area contributed by atoms with E-state index in [-0.39, 0.29) is 17.9 Å². The van der Waals surface area contributed by atoms with Gasteiger partial charge in [-0.3, -0.25) is 14.9 Å². The maximum absolute atomic E-state index is 11.9. The minimum Gasteiger partial charge on any atom is -0.353 e. The summed E-state index contributed by atoms with van der Waals surface area (Å²) in [5.74, 6) is -0.347. The van der Waals surface area contributed by atoms with Crippen LogP contribution in [-0.2, 0) is 9.59 Å². The third-order valence-corrected chi connectivity index (χ3v) is 3.77. The Kier molecular flexibility index (Phi) is 5.66. The van der Waals surface area contributed by atoms with Crippen LogP contribution >= 0.6 is 12.2 Å². The third kappa shape index (κ3) is 4.14. The molecule has 0 aliphatic carbocycles. The highest BCUT2D eigenvalue weighted by molar-refractivity contribution is 7.80. The molecule has 0 radical (unpaired) electrons. The van der Waals surface area contributed by atoms with Crippen LogP contribution in [0.2, 0.25) is 0 Å². The summed E-state index contributed by atoms with van der Waals surface area (Å²) in [6, 6.07) is 9.22. The van der Waals surface area contributed by atoms with Crippen molar-refractivity contribution in [1.29, 1.82) is 0 Å². The van der Waals surface area contributed by atoms with Gasteiger partial charge in [-0.25, -0.2) is 0 Å². The van der Waals surface area contributed by atoms with E-state index < -0.39 is 0 Å². The summed E-state index contributed by atoms with van der Waals surface area (Å²) < 4.78 is 0. The molecule has 1 aliphatic heterocycles. The van der Waals surface area contributed by atoms with Gasteiger partial charge in [0.25, 0.3) is 0 Å². The summed E-state index contributed by atoms with van der Waals surface area (Å²) in [5, 5.41) is 5.75. The van der Waals surface area contributed by atoms with Crippen LogP contribution in [0.1, 0.15) is 18.9 Å². The lowest BCUT2D eigenvalue weighted by Gasteiger charge is -2.36. The van der Waals surface area contributed by atoms with E-state index >= 15 is 0 Å². The molecule has 1 saturated heterocycles. The number of carbonyl (C=O) groups excluding carboxylic acids is 2. The Hall–Kier alpha value is -2.21. The smallest absolute Gasteiger partial charge is 0.250 e. The van der Waals surface area contributed by atoms with Gasteiger partial charge >= 0.3 is 0 Å². The molecule has 0 bridgehead atoms. The fraction of sp³-hybridized carbons (Fsp3) is 0.312. The zero-order chi connectivity index (χ0) is 15.9. The largest absolute Gasteiger partial charge is 0.353 e. The first-order chi connectivity index (χ1) is 10.6. The van der Waals surface area contributed by atoms with E-state index in [0.717, 1.165) is 5.56 Å². The van der Waals surface area contributed by atoms with Gasteiger partial charge < -0.3 is 10.2 Å². The van der Waals surface area contributed by atoms with E-state index in [1.165, 1.54) is 6.08 Å². The highest BCUT2D eigenvalue weighted by Gasteiger charge is 2.29. The summed E-state index contributed by atoms with van der Waals surface area (Å²) >= 11 is 5.26. The highest BCUT2D eigenvalue weighted by atomic mass is 32.1. The van der Waals surface area contributed by atoms with Gasteiger partial charge in [-0.2, -0.15) is 0 Å². The molecule has 1 aromatic rings. The molecule has 22 heavy (non-hydrogen) atoms. The number of carbonyl (C=O) groups is 2. The number of rotatable bonds is 3. The van der Waals surface area contributed by atoms with Crippen molar-refractivity contribution >= 4 is 35.2 Å². The zero-order valence-corrected chi connectivity index (χ0v) is 13.2. The lowest BCUT2D eigenvalue weighted by atomic mass is 10.1. The van der Waals surface area contributed by atoms with Crippen molar-refractivity contribution in [3.63, 3.8) is 0 Å². The molecular weight excluding hydrogens is 298 g/mol. The monoisotopic (exact) mass is 317 g/mol. The normalized spacial score (nSPS) is 18.1. The molecule has 1 aliphatic rings. The molecule has 5 nitrogen and oxygen atoms in total. The molecule has 1 fully saturated rings. The fourth-order valence-electron chi connectivity index (χ4n) is 2.32. The number of nitrogens with one attached hydrogen (secondary N) is 2. The molecule has 6 heteroatoms. The molecule has 116 valence electrons. The van der Waals surface area contributed by atoms with Crippen molar-refractivity contribution in [2.45, 2.75) is 19.4 Å². The highest BCUT2D eigenvalue weighted by Crippen LogP contribution is 2.09. The summed E-state index contributed by atoms with van der Waals surface area (Å²) in [7, 11) is 0. The van der Waals surface area contributed by atoms with Crippen LogP contribution in [0.25, 0.3) is 6.08 Å². The van der Waals surface area contributed by atoms with E-state index in [9.17, 15) is 9.59 Å². The number of nitrogens with zero attached hydrogens (tertiary/aromatic N) is 1. The summed E-state index contributed by atoms with van der Waals surface area (Å²) in [6.07, 6.45) is 3.80. The van der Waals surface area contributed by atoms with Gasteiger partial charge in [-0.15, -0.1) is 0 Å². The van der Waals surface area contributed by atoms with Gasteiger partial charge in [-0.1, -0.05) is 37.3 Å². The average molecular weight is 317 g/mol. The van der Waals surface area contributed by atoms with Crippen molar-refractivity contribution in [3.05, 3.63) is 42.0 Å². The van der Waals surface area contributed by atoms with Gasteiger partial charge in [0.15, 0.2) is 5.11 Å². The second-order valence-corrected chi connectivity index (χ2v) is 5.33. The van der Waals surface area contributed by atoms with E-state index in [0.29, 0.717) is 24.6 Å². The molecule has 0 saturated carbocycles. The first kappa shape index (κ1) is 16.2. The standard InChI is InChI=1S/C16H19N3O2S/c1-2-13-15(21)17-10-11-19(13)16(22)18-14(20)9-8-12-6-4-3-5-7-12/h3-9,13H,2,10-11H2,1H3,(H,17,21)(H,18,20,22)/b9-8+/t13-/m0/s1. The summed E-state index contributed by atoms with van der Waals surface area (Å²) in [5.41, 5.74) is 0.937. The van der Waals surface area contributed by atoms with Crippen LogP contribution in [0, 0.1) is 0 Å². The Morgan fingerprint density at radius 3 is 2.86 bits per heavy atom. The van der Waals surface area contributed by atoms with E-state index in [1.807, 2.05) is 37.3 Å². The second kappa shape index (κ2) is 7.70. The number of hydrogen-bond acceptors (Lipinski definition) is 3. The van der Waals surface area contributed by atoms with Crippen molar-refractivity contribution in [3.8, 4) is 0 Å². The molecule has 0 spiro atoms. The average Bonchev–Trinajstić information content (AvgIpc) is 2.53. The zero-order valence-electron chi connectivity index (χ0n) is 12.4. The molecule has 0 aromatic heterocycles. The molecule has 2 N–H and O–H groups in total. The summed E-state index contributed by atoms with van der Waals surface area (Å²) in [6.45, 7) is 3.05. The minimum absolute atomic E-state index is 0.0508. The van der Waals surface area contributed by atoms with Crippen molar-refractivity contribution in [2.24, 2.45) is 0 Å². The van der Waals surface area contributed by atoms with Crippen molar-refractivity contribution in [2.75, 3.05) is 13.1 Å². The molecule has 1 heterocycles. The van der Waals surface area contributed by atoms with E-state index in [2.05, 4.69) is 10.6 Å². The Labute approximate surface area is 135 Å². The van der Waals surface area contributed by atoms with Crippen LogP contribution in [-0.4, -0.2) is 41.0 Å². The van der Waals surface area contributed by atoms with Crippen LogP contribution in [0.4, 0.5) is 0 Å². The Bertz CT molecular complexity index is 586. The molecule has 0 unspecified atom stereocenters. The second-order valence-electron chi connectivity index (χ2n) is 4.95. The molecule has 1 aromatic carbocycles. The number of piperazine rings is 1. The predicted octanol–water partition coefficient (Wildman–Crippen LogP) is 1.31. The van der Waals surface area contributed by atoms with Gasteiger partial charge in [0.1, 0.15) is 6.04 Å². The van der Waals surface area contributed by atoms with E-state index in [1.54, 1.807) is 11.0 Å². The maximum atomic E-state index is 11.9. The van der Waals surface area contributed by atoms with Gasteiger partial charge in [0.05, 0.1) is 0 Å². The Balaban J connectivity index is 1.94. The predicted molar refractivity (Wildman–Crippen MR) is 90.0 cm³/mol. The van der Waals surface area contributed by atoms with Crippen LogP contribution in [0.3, 0.4) is 0 Å². The fourth-order valence-corrected chi connectivity index (χ4v) is 2.64. The van der Waals surface area contributed by atoms with Crippen LogP contribution in [0.15, 0.2) is 36.4 Å². The molecule has 1 atom stereocenters. The third-order valence-electron chi connectivity index (χ3n) is 3.44. The number of thiocarbonyl (C=S) groups is 1. The quantitative estimate of drug-likeness (QED) is 0.652. The number of hydrogen-bond donors (Lipinski definition) is 2. The molecular formula is C16H19N3O2S. The lowest BCUT2D eigenvalue weighted by Crippen LogP contribution is -2.59. The molecule has 2 amide bonds. The summed E-state index contributed by atoms with van der Waals surface area (Å²) in [4.78, 5) is 25.5. The Morgan fingerprint density at radius 2 is 2.18 bits per heavy atom. The first-order valence-electron chi connectivity index (χ1n) is 7.24. The van der Waals surface area contributed by atoms with Crippen molar-refractivity contribution in [1.82, 2.24) is 15.5 Å². The van der Waals surface area contributed by atoms with Crippen LogP contribution in [0.5, 0.6) is 0 Å². The Morgan fingerprint density at radius 1 is 1.45 bits per heavy atom.